The highest BCUT2D eigenvalue weighted by Gasteiger charge is 2.58. The van der Waals surface area contributed by atoms with E-state index in [-0.39, 0.29) is 28.9 Å². The smallest absolute Gasteiger partial charge is 0.344 e. The van der Waals surface area contributed by atoms with Crippen molar-refractivity contribution in [2.75, 3.05) is 6.61 Å². The zero-order valence-corrected chi connectivity index (χ0v) is 15.2. The van der Waals surface area contributed by atoms with Crippen LogP contribution in [-0.4, -0.2) is 50.9 Å². The van der Waals surface area contributed by atoms with E-state index in [1.165, 1.54) is 0 Å². The predicted octanol–water partition coefficient (Wildman–Crippen LogP) is 1.84. The second-order valence-corrected chi connectivity index (χ2v) is 8.35. The van der Waals surface area contributed by atoms with E-state index in [1.54, 1.807) is 12.1 Å². The van der Waals surface area contributed by atoms with E-state index in [2.05, 4.69) is 12.1 Å². The van der Waals surface area contributed by atoms with Crippen molar-refractivity contribution < 1.29 is 30.1 Å². The van der Waals surface area contributed by atoms with Crippen molar-refractivity contribution in [2.24, 2.45) is 22.4 Å². The van der Waals surface area contributed by atoms with Crippen LogP contribution in [0.25, 0.3) is 0 Å². The van der Waals surface area contributed by atoms with Gasteiger partial charge in [-0.3, -0.25) is 0 Å². The molecule has 4 rings (SSSR count). The number of phenolic OH excluding ortho intramolecular Hbond substituents is 1. The van der Waals surface area contributed by atoms with E-state index in [0.29, 0.717) is 18.6 Å². The second-order valence-electron chi connectivity index (χ2n) is 8.35. The van der Waals surface area contributed by atoms with Crippen molar-refractivity contribution in [3.05, 3.63) is 29.3 Å². The minimum Gasteiger partial charge on any atom is -0.508 e. The molecule has 1 aromatic carbocycles. The molecule has 0 unspecified atom stereocenters. The van der Waals surface area contributed by atoms with Crippen LogP contribution in [0.3, 0.4) is 0 Å². The largest absolute Gasteiger partial charge is 0.508 e. The molecule has 0 amide bonds. The number of fused-ring (bicyclic) bond motifs is 5. The van der Waals surface area contributed by atoms with Crippen LogP contribution in [0, 0.1) is 17.3 Å². The number of rotatable bonds is 3. The first-order valence-corrected chi connectivity index (χ1v) is 9.41. The summed E-state index contributed by atoms with van der Waals surface area (Å²) in [7, 11) is 0. The maximum absolute atomic E-state index is 10.7. The first-order chi connectivity index (χ1) is 12.8. The average molecular weight is 375 g/mol. The number of oxime groups is 1. The molecule has 0 bridgehead atoms. The molecule has 4 N–H and O–H groups in total. The van der Waals surface area contributed by atoms with Gasteiger partial charge in [-0.1, -0.05) is 18.1 Å². The number of benzene rings is 1. The standard InChI is InChI=1S/C20H25NO6/c1-20-5-4-12-11-3-2-10(22)6-14(11)16(21-27-9-18(24)25)7-13(12)15(20)8-17(23)19(20)26/h2-3,6,12-13,15,17,19,22-23,26H,4-5,7-9H2,1H3,(H,24,25)/b21-16-/t12-,13+,15-,17+,19-,20-/m0/s1. The minimum atomic E-state index is -1.10. The molecule has 7 heteroatoms. The predicted molar refractivity (Wildman–Crippen MR) is 96.5 cm³/mol. The van der Waals surface area contributed by atoms with Crippen molar-refractivity contribution in [1.82, 2.24) is 0 Å². The Bertz CT molecular complexity index is 793. The topological polar surface area (TPSA) is 120 Å². The second kappa shape index (κ2) is 6.49. The molecular formula is C20H25NO6. The summed E-state index contributed by atoms with van der Waals surface area (Å²) < 4.78 is 0. The third kappa shape index (κ3) is 2.89. The van der Waals surface area contributed by atoms with Crippen molar-refractivity contribution in [1.29, 1.82) is 0 Å². The van der Waals surface area contributed by atoms with E-state index in [9.17, 15) is 20.1 Å². The first-order valence-electron chi connectivity index (χ1n) is 9.41. The number of carboxylic acid groups (broad SMARTS) is 1. The summed E-state index contributed by atoms with van der Waals surface area (Å²) >= 11 is 0. The van der Waals surface area contributed by atoms with Crippen molar-refractivity contribution in [3.63, 3.8) is 0 Å². The Morgan fingerprint density at radius 3 is 2.89 bits per heavy atom. The number of nitrogens with zero attached hydrogens (tertiary/aromatic N) is 1. The van der Waals surface area contributed by atoms with E-state index >= 15 is 0 Å². The Morgan fingerprint density at radius 2 is 2.15 bits per heavy atom. The summed E-state index contributed by atoms with van der Waals surface area (Å²) in [5.74, 6) is -0.385. The van der Waals surface area contributed by atoms with Gasteiger partial charge in [0, 0.05) is 5.56 Å². The monoisotopic (exact) mass is 375 g/mol. The van der Waals surface area contributed by atoms with Gasteiger partial charge in [-0.25, -0.2) is 4.79 Å². The van der Waals surface area contributed by atoms with Crippen LogP contribution in [-0.2, 0) is 9.63 Å². The molecular weight excluding hydrogens is 350 g/mol. The van der Waals surface area contributed by atoms with Crippen LogP contribution < -0.4 is 0 Å². The number of carbonyl (C=O) groups is 1. The highest BCUT2D eigenvalue weighted by molar-refractivity contribution is 6.03. The third-order valence-electron chi connectivity index (χ3n) is 6.95. The van der Waals surface area contributed by atoms with E-state index in [4.69, 9.17) is 9.94 Å². The zero-order chi connectivity index (χ0) is 19.3. The molecule has 2 fully saturated rings. The Hall–Kier alpha value is -2.12. The lowest BCUT2D eigenvalue weighted by Gasteiger charge is -2.49. The zero-order valence-electron chi connectivity index (χ0n) is 15.2. The Morgan fingerprint density at radius 1 is 1.37 bits per heavy atom. The van der Waals surface area contributed by atoms with Gasteiger partial charge in [-0.2, -0.15) is 0 Å². The number of aromatic hydroxyl groups is 1. The van der Waals surface area contributed by atoms with Crippen LogP contribution in [0.1, 0.15) is 49.7 Å². The van der Waals surface area contributed by atoms with Crippen molar-refractivity contribution in [2.45, 2.75) is 50.7 Å². The molecule has 0 heterocycles. The number of carboxylic acids is 1. The molecule has 2 saturated carbocycles. The summed E-state index contributed by atoms with van der Waals surface area (Å²) in [5, 5.41) is 43.6. The van der Waals surface area contributed by atoms with Gasteiger partial charge in [0.05, 0.1) is 17.9 Å². The van der Waals surface area contributed by atoms with Crippen LogP contribution in [0.5, 0.6) is 5.75 Å². The lowest BCUT2D eigenvalue weighted by molar-refractivity contribution is -0.142. The van der Waals surface area contributed by atoms with Gasteiger partial charge < -0.3 is 25.3 Å². The van der Waals surface area contributed by atoms with Gasteiger partial charge in [0.1, 0.15) is 5.75 Å². The lowest BCUT2D eigenvalue weighted by atomic mass is 9.55. The van der Waals surface area contributed by atoms with Crippen molar-refractivity contribution in [3.8, 4) is 5.75 Å². The number of aliphatic carboxylic acids is 1. The quantitative estimate of drug-likeness (QED) is 0.599. The maximum Gasteiger partial charge on any atom is 0.344 e. The molecule has 0 aromatic heterocycles. The normalized spacial score (nSPS) is 38.8. The molecule has 3 aliphatic carbocycles. The number of phenols is 1. The Labute approximate surface area is 157 Å². The van der Waals surface area contributed by atoms with Gasteiger partial charge >= 0.3 is 5.97 Å². The fraction of sp³-hybridized carbons (Fsp3) is 0.600. The molecule has 0 saturated heterocycles. The number of hydrogen-bond donors (Lipinski definition) is 4. The molecule has 0 radical (unpaired) electrons. The summed E-state index contributed by atoms with van der Waals surface area (Å²) in [4.78, 5) is 15.7. The molecule has 1 aromatic rings. The van der Waals surface area contributed by atoms with Crippen LogP contribution >= 0.6 is 0 Å². The SMILES string of the molecule is C[C@]12CC[C@H]3c4ccc(O)cc4/C(=N\OCC(=O)O)C[C@H]3[C@@H]1C[C@@H](O)[C@@H]2O. The summed E-state index contributed by atoms with van der Waals surface area (Å²) in [5.41, 5.74) is 2.15. The maximum atomic E-state index is 10.7. The number of aliphatic hydroxyl groups excluding tert-OH is 2. The van der Waals surface area contributed by atoms with E-state index in [0.717, 1.165) is 24.0 Å². The van der Waals surface area contributed by atoms with Crippen LogP contribution in [0.2, 0.25) is 0 Å². The highest BCUT2D eigenvalue weighted by Crippen LogP contribution is 2.61. The molecule has 3 aliphatic rings. The molecule has 146 valence electrons. The fourth-order valence-corrected chi connectivity index (χ4v) is 5.65. The van der Waals surface area contributed by atoms with Gasteiger partial charge in [0.2, 0.25) is 6.61 Å². The fourth-order valence-electron chi connectivity index (χ4n) is 5.65. The van der Waals surface area contributed by atoms with Gasteiger partial charge in [-0.05, 0) is 66.5 Å². The molecule has 7 nitrogen and oxygen atoms in total. The van der Waals surface area contributed by atoms with E-state index in [1.807, 2.05) is 6.07 Å². The number of hydrogen-bond acceptors (Lipinski definition) is 6. The van der Waals surface area contributed by atoms with Crippen LogP contribution in [0.4, 0.5) is 0 Å². The first kappa shape index (κ1) is 18.3. The Balaban J connectivity index is 1.73. The summed E-state index contributed by atoms with van der Waals surface area (Å²) in [6, 6.07) is 5.21. The van der Waals surface area contributed by atoms with Gasteiger partial charge in [0.25, 0.3) is 0 Å². The Kier molecular flexibility index (Phi) is 4.39. The summed E-state index contributed by atoms with van der Waals surface area (Å²) in [6.45, 7) is 1.53. The number of aliphatic hydroxyl groups is 2. The molecule has 0 spiro atoms. The lowest BCUT2D eigenvalue weighted by Crippen LogP contribution is -2.45. The van der Waals surface area contributed by atoms with Crippen LogP contribution in [0.15, 0.2) is 23.4 Å². The van der Waals surface area contributed by atoms with Gasteiger partial charge in [-0.15, -0.1) is 0 Å². The van der Waals surface area contributed by atoms with E-state index < -0.39 is 24.8 Å². The summed E-state index contributed by atoms with van der Waals surface area (Å²) in [6.07, 6.45) is 1.40. The molecule has 27 heavy (non-hydrogen) atoms. The molecule has 0 aliphatic heterocycles. The average Bonchev–Trinajstić information content (AvgIpc) is 2.85. The molecule has 6 atom stereocenters. The third-order valence-corrected chi connectivity index (χ3v) is 6.95. The highest BCUT2D eigenvalue weighted by atomic mass is 16.6. The van der Waals surface area contributed by atoms with Gasteiger partial charge in [0.15, 0.2) is 0 Å². The minimum absolute atomic E-state index is 0.130. The van der Waals surface area contributed by atoms with Crippen molar-refractivity contribution >= 4 is 11.7 Å².